The lowest BCUT2D eigenvalue weighted by Crippen LogP contribution is -2.11. The highest BCUT2D eigenvalue weighted by Gasteiger charge is 2.19. The summed E-state index contributed by atoms with van der Waals surface area (Å²) in [4.78, 5) is 20.0. The molecule has 0 saturated heterocycles. The van der Waals surface area contributed by atoms with E-state index in [0.29, 0.717) is 5.56 Å². The molecule has 5 heteroatoms. The lowest BCUT2D eigenvalue weighted by atomic mass is 10.1. The number of halogens is 1. The molecule has 2 aromatic rings. The number of aromatic nitrogens is 3. The number of aryl methyl sites for hydroxylation is 1. The summed E-state index contributed by atoms with van der Waals surface area (Å²) < 4.78 is 1.95. The average molecular weight is 264 g/mol. The Balaban J connectivity index is 2.55. The highest BCUT2D eigenvalue weighted by Crippen LogP contribution is 2.21. The molecule has 2 rings (SSSR count). The zero-order chi connectivity index (χ0) is 13.3. The van der Waals surface area contributed by atoms with Crippen molar-refractivity contribution in [2.75, 3.05) is 0 Å². The van der Waals surface area contributed by atoms with Crippen LogP contribution in [-0.2, 0) is 0 Å². The van der Waals surface area contributed by atoms with Crippen molar-refractivity contribution in [2.24, 2.45) is 0 Å². The van der Waals surface area contributed by atoms with Gasteiger partial charge >= 0.3 is 0 Å². The molecule has 94 valence electrons. The third-order valence-corrected chi connectivity index (χ3v) is 3.06. The summed E-state index contributed by atoms with van der Waals surface area (Å²) in [5, 5.41) is -0.522. The smallest absolute Gasteiger partial charge is 0.182 e. The normalized spacial score (nSPS) is 12.4. The molecule has 0 amide bonds. The van der Waals surface area contributed by atoms with Crippen LogP contribution in [-0.4, -0.2) is 25.7 Å². The number of carbonyl (C=O) groups excluding carboxylic acids is 1. The van der Waals surface area contributed by atoms with Crippen LogP contribution >= 0.6 is 11.6 Å². The van der Waals surface area contributed by atoms with Crippen LogP contribution in [0.3, 0.4) is 0 Å². The number of Topliss-reactive ketones (excluding diaryl/α,β-unsaturated/α-hetero) is 1. The molecular formula is C13H14ClN3O. The van der Waals surface area contributed by atoms with Gasteiger partial charge in [-0.1, -0.05) is 0 Å². The summed E-state index contributed by atoms with van der Waals surface area (Å²) in [5.41, 5.74) is 3.32. The molecule has 0 aliphatic heterocycles. The fourth-order valence-electron chi connectivity index (χ4n) is 2.03. The molecule has 18 heavy (non-hydrogen) atoms. The van der Waals surface area contributed by atoms with E-state index in [0.717, 1.165) is 17.1 Å². The van der Waals surface area contributed by atoms with E-state index in [2.05, 4.69) is 9.97 Å². The Labute approximate surface area is 111 Å². The van der Waals surface area contributed by atoms with Crippen molar-refractivity contribution >= 4 is 17.4 Å². The molecule has 1 unspecified atom stereocenters. The van der Waals surface area contributed by atoms with Crippen LogP contribution in [0.2, 0.25) is 0 Å². The first-order valence-corrected chi connectivity index (χ1v) is 6.08. The Morgan fingerprint density at radius 3 is 2.50 bits per heavy atom. The zero-order valence-electron chi connectivity index (χ0n) is 10.5. The number of hydrogen-bond acceptors (Lipinski definition) is 3. The fraction of sp³-hybridized carbons (Fsp3) is 0.308. The standard InChI is InChI=1S/C13H14ClN3O/c1-8-4-12(13(18)9(2)14)10(3)17(8)11-5-15-7-16-6-11/h4-7,9H,1-3H3. The summed E-state index contributed by atoms with van der Waals surface area (Å²) in [5.74, 6) is -0.0622. The number of hydrogen-bond donors (Lipinski definition) is 0. The van der Waals surface area contributed by atoms with Crippen LogP contribution in [0, 0.1) is 13.8 Å². The Hall–Kier alpha value is -1.68. The Kier molecular flexibility index (Phi) is 3.48. The van der Waals surface area contributed by atoms with Crippen LogP contribution in [0.5, 0.6) is 0 Å². The van der Waals surface area contributed by atoms with Gasteiger partial charge in [-0.05, 0) is 26.8 Å². The largest absolute Gasteiger partial charge is 0.315 e. The summed E-state index contributed by atoms with van der Waals surface area (Å²) in [6.07, 6.45) is 4.90. The van der Waals surface area contributed by atoms with E-state index in [9.17, 15) is 4.79 Å². The third kappa shape index (κ3) is 2.16. The van der Waals surface area contributed by atoms with Crippen LogP contribution in [0.15, 0.2) is 24.8 Å². The predicted molar refractivity (Wildman–Crippen MR) is 70.5 cm³/mol. The van der Waals surface area contributed by atoms with Gasteiger partial charge in [0.25, 0.3) is 0 Å². The SMILES string of the molecule is Cc1cc(C(=O)C(C)Cl)c(C)n1-c1cncnc1. The van der Waals surface area contributed by atoms with Crippen molar-refractivity contribution in [3.05, 3.63) is 41.7 Å². The number of carbonyl (C=O) groups is 1. The van der Waals surface area contributed by atoms with E-state index < -0.39 is 5.38 Å². The van der Waals surface area contributed by atoms with E-state index in [-0.39, 0.29) is 5.78 Å². The Morgan fingerprint density at radius 1 is 1.33 bits per heavy atom. The van der Waals surface area contributed by atoms with Gasteiger partial charge in [0.1, 0.15) is 6.33 Å². The zero-order valence-corrected chi connectivity index (χ0v) is 11.3. The van der Waals surface area contributed by atoms with Gasteiger partial charge in [0, 0.05) is 17.0 Å². The van der Waals surface area contributed by atoms with Gasteiger partial charge in [-0.3, -0.25) is 4.79 Å². The highest BCUT2D eigenvalue weighted by atomic mass is 35.5. The quantitative estimate of drug-likeness (QED) is 0.632. The molecule has 4 nitrogen and oxygen atoms in total. The van der Waals surface area contributed by atoms with Gasteiger partial charge < -0.3 is 4.57 Å². The molecule has 0 aliphatic rings. The van der Waals surface area contributed by atoms with Gasteiger partial charge in [-0.15, -0.1) is 11.6 Å². The molecular weight excluding hydrogens is 250 g/mol. The molecule has 0 radical (unpaired) electrons. The van der Waals surface area contributed by atoms with Crippen LogP contribution in [0.4, 0.5) is 0 Å². The second kappa shape index (κ2) is 4.90. The lowest BCUT2D eigenvalue weighted by Gasteiger charge is -2.08. The molecule has 0 aliphatic carbocycles. The number of alkyl halides is 1. The minimum Gasteiger partial charge on any atom is -0.315 e. The maximum atomic E-state index is 12.0. The maximum absolute atomic E-state index is 12.0. The van der Waals surface area contributed by atoms with E-state index in [1.165, 1.54) is 6.33 Å². The predicted octanol–water partition coefficient (Wildman–Crippen LogP) is 2.69. The van der Waals surface area contributed by atoms with Crippen molar-refractivity contribution in [1.82, 2.24) is 14.5 Å². The first-order valence-electron chi connectivity index (χ1n) is 5.65. The van der Waals surface area contributed by atoms with Crippen molar-refractivity contribution in [3.8, 4) is 5.69 Å². The van der Waals surface area contributed by atoms with E-state index in [1.807, 2.05) is 24.5 Å². The molecule has 0 fully saturated rings. The van der Waals surface area contributed by atoms with E-state index >= 15 is 0 Å². The Morgan fingerprint density at radius 2 is 1.94 bits per heavy atom. The van der Waals surface area contributed by atoms with Gasteiger partial charge in [-0.25, -0.2) is 9.97 Å². The summed E-state index contributed by atoms with van der Waals surface area (Å²) in [6.45, 7) is 5.52. The maximum Gasteiger partial charge on any atom is 0.182 e. The molecule has 0 saturated carbocycles. The minimum absolute atomic E-state index is 0.0622. The lowest BCUT2D eigenvalue weighted by molar-refractivity contribution is 0.0991. The number of rotatable bonds is 3. The monoisotopic (exact) mass is 263 g/mol. The van der Waals surface area contributed by atoms with Gasteiger partial charge in [-0.2, -0.15) is 0 Å². The molecule has 0 bridgehead atoms. The minimum atomic E-state index is -0.522. The topological polar surface area (TPSA) is 47.8 Å². The van der Waals surface area contributed by atoms with Crippen molar-refractivity contribution in [2.45, 2.75) is 26.1 Å². The van der Waals surface area contributed by atoms with Crippen molar-refractivity contribution in [3.63, 3.8) is 0 Å². The molecule has 0 N–H and O–H groups in total. The molecule has 2 aromatic heterocycles. The van der Waals surface area contributed by atoms with E-state index in [1.54, 1.807) is 19.3 Å². The molecule has 0 aromatic carbocycles. The van der Waals surface area contributed by atoms with Crippen molar-refractivity contribution in [1.29, 1.82) is 0 Å². The van der Waals surface area contributed by atoms with Crippen molar-refractivity contribution < 1.29 is 4.79 Å². The van der Waals surface area contributed by atoms with Gasteiger partial charge in [0.2, 0.25) is 0 Å². The summed E-state index contributed by atoms with van der Waals surface area (Å²) >= 11 is 5.86. The third-order valence-electron chi connectivity index (χ3n) is 2.86. The fourth-order valence-corrected chi connectivity index (χ4v) is 2.15. The van der Waals surface area contributed by atoms with Crippen LogP contribution < -0.4 is 0 Å². The van der Waals surface area contributed by atoms with E-state index in [4.69, 9.17) is 11.6 Å². The summed E-state index contributed by atoms with van der Waals surface area (Å²) in [6, 6.07) is 1.85. The molecule has 1 atom stereocenters. The first-order chi connectivity index (χ1) is 8.52. The van der Waals surface area contributed by atoms with Gasteiger partial charge in [0.15, 0.2) is 5.78 Å². The summed E-state index contributed by atoms with van der Waals surface area (Å²) in [7, 11) is 0. The number of ketones is 1. The number of nitrogens with zero attached hydrogens (tertiary/aromatic N) is 3. The van der Waals surface area contributed by atoms with Gasteiger partial charge in [0.05, 0.1) is 23.5 Å². The molecule has 2 heterocycles. The first kappa shape index (κ1) is 12.8. The average Bonchev–Trinajstić information content (AvgIpc) is 2.65. The highest BCUT2D eigenvalue weighted by molar-refractivity contribution is 6.33. The second-order valence-corrected chi connectivity index (χ2v) is 4.85. The Bertz CT molecular complexity index is 575. The molecule has 0 spiro atoms. The second-order valence-electron chi connectivity index (χ2n) is 4.20. The van der Waals surface area contributed by atoms with Crippen LogP contribution in [0.25, 0.3) is 5.69 Å². The van der Waals surface area contributed by atoms with Crippen LogP contribution in [0.1, 0.15) is 28.7 Å².